The minimum absolute atomic E-state index is 0.289. The van der Waals surface area contributed by atoms with Crippen LogP contribution < -0.4 is 0 Å². The predicted molar refractivity (Wildman–Crippen MR) is 70.7 cm³/mol. The number of hydrogen-bond donors (Lipinski definition) is 1. The smallest absolute Gasteiger partial charge is 0.0445 e. The van der Waals surface area contributed by atoms with E-state index in [4.69, 9.17) is 5.11 Å². The molecule has 0 saturated heterocycles. The maximum atomic E-state index is 9.07. The minimum Gasteiger partial charge on any atom is -0.396 e. The summed E-state index contributed by atoms with van der Waals surface area (Å²) in [6.07, 6.45) is 3.65. The van der Waals surface area contributed by atoms with Gasteiger partial charge in [-0.3, -0.25) is 4.90 Å². The van der Waals surface area contributed by atoms with Gasteiger partial charge >= 0.3 is 0 Å². The molecule has 0 aromatic heterocycles. The lowest BCUT2D eigenvalue weighted by atomic mass is 10.1. The molecular weight excluding hydrogens is 210 g/mol. The normalized spacial score (nSPS) is 17.4. The van der Waals surface area contributed by atoms with E-state index in [1.54, 1.807) is 0 Å². The fourth-order valence-electron chi connectivity index (χ4n) is 2.22. The highest BCUT2D eigenvalue weighted by atomic mass is 16.3. The molecule has 0 radical (unpaired) electrons. The van der Waals surface area contributed by atoms with E-state index in [1.165, 1.54) is 24.9 Å². The maximum Gasteiger partial charge on any atom is 0.0445 e. The SMILES string of the molecule is CC(CCO)N(Cc1ccccc1)CC1CC1. The molecule has 17 heavy (non-hydrogen) atoms. The highest BCUT2D eigenvalue weighted by Crippen LogP contribution is 2.31. The van der Waals surface area contributed by atoms with Gasteiger partial charge in [-0.25, -0.2) is 0 Å². The van der Waals surface area contributed by atoms with Gasteiger partial charge in [0.15, 0.2) is 0 Å². The second-order valence-electron chi connectivity index (χ2n) is 5.22. The summed E-state index contributed by atoms with van der Waals surface area (Å²) in [4.78, 5) is 2.52. The lowest BCUT2D eigenvalue weighted by Gasteiger charge is -2.29. The summed E-state index contributed by atoms with van der Waals surface area (Å²) < 4.78 is 0. The number of aliphatic hydroxyl groups excluding tert-OH is 1. The summed E-state index contributed by atoms with van der Waals surface area (Å²) in [5, 5.41) is 9.07. The molecule has 2 nitrogen and oxygen atoms in total. The van der Waals surface area contributed by atoms with Gasteiger partial charge in [-0.15, -0.1) is 0 Å². The van der Waals surface area contributed by atoms with Crippen LogP contribution in [0.2, 0.25) is 0 Å². The average molecular weight is 233 g/mol. The molecule has 0 heterocycles. The second-order valence-corrected chi connectivity index (χ2v) is 5.22. The van der Waals surface area contributed by atoms with Crippen molar-refractivity contribution >= 4 is 0 Å². The van der Waals surface area contributed by atoms with Crippen molar-refractivity contribution in [1.82, 2.24) is 4.90 Å². The predicted octanol–water partition coefficient (Wildman–Crippen LogP) is 2.67. The van der Waals surface area contributed by atoms with E-state index >= 15 is 0 Å². The van der Waals surface area contributed by atoms with Crippen LogP contribution in [0.1, 0.15) is 31.7 Å². The first-order valence-corrected chi connectivity index (χ1v) is 6.68. The Balaban J connectivity index is 1.94. The van der Waals surface area contributed by atoms with Crippen LogP contribution in [0.15, 0.2) is 30.3 Å². The molecule has 0 amide bonds. The molecule has 1 aromatic carbocycles. The molecule has 2 heteroatoms. The summed E-state index contributed by atoms with van der Waals surface area (Å²) >= 11 is 0. The summed E-state index contributed by atoms with van der Waals surface area (Å²) in [7, 11) is 0. The third kappa shape index (κ3) is 4.14. The van der Waals surface area contributed by atoms with Gasteiger partial charge < -0.3 is 5.11 Å². The van der Waals surface area contributed by atoms with E-state index in [0.29, 0.717) is 6.04 Å². The van der Waals surface area contributed by atoms with Crippen molar-refractivity contribution in [3.8, 4) is 0 Å². The largest absolute Gasteiger partial charge is 0.396 e. The summed E-state index contributed by atoms with van der Waals surface area (Å²) in [6.45, 7) is 4.72. The quantitative estimate of drug-likeness (QED) is 0.782. The van der Waals surface area contributed by atoms with Crippen LogP contribution in [0.5, 0.6) is 0 Å². The molecule has 1 aromatic rings. The Labute approximate surface area is 104 Å². The fourth-order valence-corrected chi connectivity index (χ4v) is 2.22. The molecule has 1 atom stereocenters. The molecule has 0 spiro atoms. The zero-order valence-corrected chi connectivity index (χ0v) is 10.7. The van der Waals surface area contributed by atoms with Crippen LogP contribution >= 0.6 is 0 Å². The van der Waals surface area contributed by atoms with Crippen LogP contribution in [0.3, 0.4) is 0 Å². The van der Waals surface area contributed by atoms with Crippen molar-refractivity contribution in [3.63, 3.8) is 0 Å². The average Bonchev–Trinajstić information content (AvgIpc) is 3.14. The summed E-state index contributed by atoms with van der Waals surface area (Å²) in [6, 6.07) is 11.1. The first-order chi connectivity index (χ1) is 8.29. The van der Waals surface area contributed by atoms with Crippen molar-refractivity contribution < 1.29 is 5.11 Å². The Morgan fingerprint density at radius 3 is 2.59 bits per heavy atom. The van der Waals surface area contributed by atoms with E-state index in [0.717, 1.165) is 18.9 Å². The molecule has 1 unspecified atom stereocenters. The van der Waals surface area contributed by atoms with Crippen LogP contribution in [-0.2, 0) is 6.54 Å². The van der Waals surface area contributed by atoms with Crippen LogP contribution in [0.4, 0.5) is 0 Å². The summed E-state index contributed by atoms with van der Waals surface area (Å²) in [5.41, 5.74) is 1.37. The zero-order valence-electron chi connectivity index (χ0n) is 10.7. The van der Waals surface area contributed by atoms with Gasteiger partial charge in [-0.1, -0.05) is 30.3 Å². The molecular formula is C15H23NO. The molecule has 0 bridgehead atoms. The second kappa shape index (κ2) is 6.18. The van der Waals surface area contributed by atoms with Crippen LogP contribution in [0.25, 0.3) is 0 Å². The highest BCUT2D eigenvalue weighted by Gasteiger charge is 2.26. The molecule has 0 aliphatic heterocycles. The van der Waals surface area contributed by atoms with Crippen molar-refractivity contribution in [2.45, 2.75) is 38.8 Å². The van der Waals surface area contributed by atoms with Gasteiger partial charge in [-0.05, 0) is 37.7 Å². The third-order valence-corrected chi connectivity index (χ3v) is 3.59. The van der Waals surface area contributed by atoms with E-state index in [1.807, 2.05) is 0 Å². The van der Waals surface area contributed by atoms with Gasteiger partial charge in [0, 0.05) is 25.7 Å². The van der Waals surface area contributed by atoms with Gasteiger partial charge in [0.2, 0.25) is 0 Å². The Bertz CT molecular complexity index is 321. The van der Waals surface area contributed by atoms with Crippen molar-refractivity contribution in [2.24, 2.45) is 5.92 Å². The number of hydrogen-bond acceptors (Lipinski definition) is 2. The lowest BCUT2D eigenvalue weighted by molar-refractivity contribution is 0.154. The Kier molecular flexibility index (Phi) is 4.57. The number of aliphatic hydroxyl groups is 1. The van der Waals surface area contributed by atoms with Crippen molar-refractivity contribution in [1.29, 1.82) is 0 Å². The van der Waals surface area contributed by atoms with Gasteiger partial charge in [-0.2, -0.15) is 0 Å². The molecule has 94 valence electrons. The molecule has 1 fully saturated rings. The molecule has 1 N–H and O–H groups in total. The number of benzene rings is 1. The van der Waals surface area contributed by atoms with E-state index < -0.39 is 0 Å². The van der Waals surface area contributed by atoms with E-state index in [2.05, 4.69) is 42.2 Å². The van der Waals surface area contributed by atoms with Crippen LogP contribution in [0, 0.1) is 5.92 Å². The first kappa shape index (κ1) is 12.6. The number of nitrogens with zero attached hydrogens (tertiary/aromatic N) is 1. The standard InChI is InChI=1S/C15H23NO/c1-13(9-10-17)16(12-15-7-8-15)11-14-5-3-2-4-6-14/h2-6,13,15,17H,7-12H2,1H3. The Morgan fingerprint density at radius 2 is 2.00 bits per heavy atom. The summed E-state index contributed by atoms with van der Waals surface area (Å²) in [5.74, 6) is 0.903. The minimum atomic E-state index is 0.289. The maximum absolute atomic E-state index is 9.07. The van der Waals surface area contributed by atoms with Gasteiger partial charge in [0.25, 0.3) is 0 Å². The van der Waals surface area contributed by atoms with Crippen LogP contribution in [-0.4, -0.2) is 29.2 Å². The molecule has 2 rings (SSSR count). The zero-order chi connectivity index (χ0) is 12.1. The van der Waals surface area contributed by atoms with Gasteiger partial charge in [0.05, 0.1) is 0 Å². The van der Waals surface area contributed by atoms with Crippen molar-refractivity contribution in [2.75, 3.05) is 13.2 Å². The third-order valence-electron chi connectivity index (χ3n) is 3.59. The number of rotatable bonds is 7. The topological polar surface area (TPSA) is 23.5 Å². The Hall–Kier alpha value is -0.860. The monoisotopic (exact) mass is 233 g/mol. The van der Waals surface area contributed by atoms with E-state index in [9.17, 15) is 0 Å². The molecule has 1 aliphatic carbocycles. The van der Waals surface area contributed by atoms with Crippen molar-refractivity contribution in [3.05, 3.63) is 35.9 Å². The highest BCUT2D eigenvalue weighted by molar-refractivity contribution is 5.14. The van der Waals surface area contributed by atoms with E-state index in [-0.39, 0.29) is 6.61 Å². The lowest BCUT2D eigenvalue weighted by Crippen LogP contribution is -2.35. The Morgan fingerprint density at radius 1 is 1.29 bits per heavy atom. The van der Waals surface area contributed by atoms with Gasteiger partial charge in [0.1, 0.15) is 0 Å². The molecule has 1 aliphatic rings. The molecule has 1 saturated carbocycles. The fraction of sp³-hybridized carbons (Fsp3) is 0.600. The first-order valence-electron chi connectivity index (χ1n) is 6.68.